The summed E-state index contributed by atoms with van der Waals surface area (Å²) in [5.41, 5.74) is 1.02. The molecule has 42 heavy (non-hydrogen) atoms. The number of nitrogens with zero attached hydrogens (tertiary/aromatic N) is 2. The Balaban J connectivity index is 1.68. The molecule has 0 radical (unpaired) electrons. The van der Waals surface area contributed by atoms with Gasteiger partial charge in [-0.05, 0) is 73.2 Å². The van der Waals surface area contributed by atoms with E-state index in [0.717, 1.165) is 9.87 Å². The van der Waals surface area contributed by atoms with Crippen molar-refractivity contribution in [1.29, 1.82) is 0 Å². The standard InChI is InChI=1S/C32H33N3O6S/c1-24(32(37)33-2)34(22-25-14-18-27(40-3)19-15-25)31(36)23-35(42(38,39)30-12-8-5-9-13-30)26-16-20-29(21-17-26)41-28-10-6-4-7-11-28/h4-21,24H,22-23H2,1-3H3,(H,33,37). The van der Waals surface area contributed by atoms with Crippen molar-refractivity contribution >= 4 is 27.5 Å². The first-order valence-corrected chi connectivity index (χ1v) is 14.7. The SMILES string of the molecule is CNC(=O)C(C)N(Cc1ccc(OC)cc1)C(=O)CN(c1ccc(Oc2ccccc2)cc1)S(=O)(=O)c1ccccc1. The number of para-hydroxylation sites is 1. The molecule has 0 spiro atoms. The lowest BCUT2D eigenvalue weighted by atomic mass is 10.1. The Kier molecular flexibility index (Phi) is 9.82. The third-order valence-electron chi connectivity index (χ3n) is 6.64. The molecule has 10 heteroatoms. The average Bonchev–Trinajstić information content (AvgIpc) is 3.03. The summed E-state index contributed by atoms with van der Waals surface area (Å²) in [5, 5.41) is 2.57. The summed E-state index contributed by atoms with van der Waals surface area (Å²) in [5.74, 6) is 0.854. The zero-order valence-corrected chi connectivity index (χ0v) is 24.5. The molecule has 0 saturated carbocycles. The van der Waals surface area contributed by atoms with E-state index in [1.807, 2.05) is 30.3 Å². The maximum atomic E-state index is 13.9. The number of carbonyl (C=O) groups is 2. The number of rotatable bonds is 12. The quantitative estimate of drug-likeness (QED) is 0.254. The number of likely N-dealkylation sites (N-methyl/N-ethyl adjacent to an activating group) is 1. The van der Waals surface area contributed by atoms with E-state index >= 15 is 0 Å². The molecule has 4 rings (SSSR count). The zero-order valence-electron chi connectivity index (χ0n) is 23.6. The fourth-order valence-electron chi connectivity index (χ4n) is 4.27. The van der Waals surface area contributed by atoms with Crippen LogP contribution in [-0.4, -0.2) is 51.9 Å². The number of nitrogens with one attached hydrogen (secondary N) is 1. The molecular weight excluding hydrogens is 554 g/mol. The van der Waals surface area contributed by atoms with Crippen LogP contribution in [0.15, 0.2) is 114 Å². The number of methoxy groups -OCH3 is 1. The number of sulfonamides is 1. The third-order valence-corrected chi connectivity index (χ3v) is 8.43. The second kappa shape index (κ2) is 13.7. The van der Waals surface area contributed by atoms with Crippen LogP contribution in [0.4, 0.5) is 5.69 Å². The van der Waals surface area contributed by atoms with Gasteiger partial charge in [0.1, 0.15) is 29.8 Å². The van der Waals surface area contributed by atoms with Crippen molar-refractivity contribution in [3.8, 4) is 17.2 Å². The van der Waals surface area contributed by atoms with E-state index in [9.17, 15) is 18.0 Å². The Morgan fingerprint density at radius 1 is 0.786 bits per heavy atom. The van der Waals surface area contributed by atoms with Crippen LogP contribution < -0.4 is 19.1 Å². The van der Waals surface area contributed by atoms with E-state index in [-0.39, 0.29) is 23.0 Å². The molecular formula is C32H33N3O6S. The molecule has 0 aromatic heterocycles. The number of hydrogen-bond acceptors (Lipinski definition) is 6. The molecule has 0 aliphatic rings. The highest BCUT2D eigenvalue weighted by atomic mass is 32.2. The van der Waals surface area contributed by atoms with E-state index in [0.29, 0.717) is 17.2 Å². The van der Waals surface area contributed by atoms with Crippen molar-refractivity contribution in [2.75, 3.05) is 25.0 Å². The molecule has 2 amide bonds. The Morgan fingerprint density at radius 3 is 1.90 bits per heavy atom. The normalized spacial score (nSPS) is 11.7. The molecule has 0 aliphatic carbocycles. The number of ether oxygens (including phenoxy) is 2. The Bertz CT molecular complexity index is 1580. The van der Waals surface area contributed by atoms with E-state index < -0.39 is 28.5 Å². The smallest absolute Gasteiger partial charge is 0.264 e. The first-order valence-electron chi connectivity index (χ1n) is 13.3. The fraction of sp³-hybridized carbons (Fsp3) is 0.188. The van der Waals surface area contributed by atoms with Crippen molar-refractivity contribution in [3.63, 3.8) is 0 Å². The van der Waals surface area contributed by atoms with E-state index in [4.69, 9.17) is 9.47 Å². The first kappa shape index (κ1) is 30.1. The fourth-order valence-corrected chi connectivity index (χ4v) is 5.71. The maximum absolute atomic E-state index is 13.9. The van der Waals surface area contributed by atoms with Gasteiger partial charge in [0.05, 0.1) is 17.7 Å². The molecule has 1 atom stereocenters. The monoisotopic (exact) mass is 587 g/mol. The minimum atomic E-state index is -4.16. The predicted molar refractivity (Wildman–Crippen MR) is 161 cm³/mol. The van der Waals surface area contributed by atoms with Crippen LogP contribution in [0.3, 0.4) is 0 Å². The molecule has 218 valence electrons. The average molecular weight is 588 g/mol. The summed E-state index contributed by atoms with van der Waals surface area (Å²) >= 11 is 0. The molecule has 0 heterocycles. The van der Waals surface area contributed by atoms with Crippen LogP contribution in [0.25, 0.3) is 0 Å². The minimum absolute atomic E-state index is 0.0310. The maximum Gasteiger partial charge on any atom is 0.264 e. The Hall–Kier alpha value is -4.83. The Labute approximate surface area is 246 Å². The lowest BCUT2D eigenvalue weighted by Crippen LogP contribution is -2.50. The number of carbonyl (C=O) groups excluding carboxylic acids is 2. The van der Waals surface area contributed by atoms with Crippen molar-refractivity contribution in [1.82, 2.24) is 10.2 Å². The molecule has 1 unspecified atom stereocenters. The van der Waals surface area contributed by atoms with Crippen LogP contribution in [-0.2, 0) is 26.2 Å². The molecule has 0 aliphatic heterocycles. The van der Waals surface area contributed by atoms with Crippen molar-refractivity contribution in [2.45, 2.75) is 24.4 Å². The van der Waals surface area contributed by atoms with Gasteiger partial charge in [0.2, 0.25) is 11.8 Å². The summed E-state index contributed by atoms with van der Waals surface area (Å²) in [6.07, 6.45) is 0. The van der Waals surface area contributed by atoms with Gasteiger partial charge < -0.3 is 19.7 Å². The van der Waals surface area contributed by atoms with Crippen LogP contribution in [0.1, 0.15) is 12.5 Å². The van der Waals surface area contributed by atoms with Crippen LogP contribution in [0.2, 0.25) is 0 Å². The van der Waals surface area contributed by atoms with E-state index in [1.165, 1.54) is 24.1 Å². The number of hydrogen-bond donors (Lipinski definition) is 1. The minimum Gasteiger partial charge on any atom is -0.497 e. The van der Waals surface area contributed by atoms with Crippen LogP contribution in [0.5, 0.6) is 17.2 Å². The summed E-state index contributed by atoms with van der Waals surface area (Å²) in [7, 11) is -1.12. The van der Waals surface area contributed by atoms with Gasteiger partial charge in [-0.25, -0.2) is 8.42 Å². The lowest BCUT2D eigenvalue weighted by molar-refractivity contribution is -0.139. The van der Waals surface area contributed by atoms with Gasteiger partial charge in [0, 0.05) is 13.6 Å². The Morgan fingerprint density at radius 2 is 1.33 bits per heavy atom. The molecule has 4 aromatic rings. The van der Waals surface area contributed by atoms with Crippen molar-refractivity contribution < 1.29 is 27.5 Å². The largest absolute Gasteiger partial charge is 0.497 e. The summed E-state index contributed by atoms with van der Waals surface area (Å²) < 4.78 is 39.9. The second-order valence-corrected chi connectivity index (χ2v) is 11.3. The first-order chi connectivity index (χ1) is 20.2. The van der Waals surface area contributed by atoms with Crippen molar-refractivity contribution in [2.24, 2.45) is 0 Å². The van der Waals surface area contributed by atoms with E-state index in [1.54, 1.807) is 80.8 Å². The van der Waals surface area contributed by atoms with Gasteiger partial charge in [-0.2, -0.15) is 0 Å². The van der Waals surface area contributed by atoms with Gasteiger partial charge in [-0.15, -0.1) is 0 Å². The van der Waals surface area contributed by atoms with Crippen LogP contribution >= 0.6 is 0 Å². The molecule has 0 fully saturated rings. The van der Waals surface area contributed by atoms with E-state index in [2.05, 4.69) is 5.32 Å². The molecule has 0 saturated heterocycles. The predicted octanol–water partition coefficient (Wildman–Crippen LogP) is 4.85. The highest BCUT2D eigenvalue weighted by Crippen LogP contribution is 2.28. The van der Waals surface area contributed by atoms with Gasteiger partial charge in [0.15, 0.2) is 0 Å². The van der Waals surface area contributed by atoms with Crippen LogP contribution in [0, 0.1) is 0 Å². The van der Waals surface area contributed by atoms with Crippen molar-refractivity contribution in [3.05, 3.63) is 115 Å². The number of benzene rings is 4. The van der Waals surface area contributed by atoms with Gasteiger partial charge in [-0.3, -0.25) is 13.9 Å². The third kappa shape index (κ3) is 7.27. The highest BCUT2D eigenvalue weighted by Gasteiger charge is 2.32. The van der Waals surface area contributed by atoms with Gasteiger partial charge >= 0.3 is 0 Å². The lowest BCUT2D eigenvalue weighted by Gasteiger charge is -2.31. The summed E-state index contributed by atoms with van der Waals surface area (Å²) in [4.78, 5) is 27.9. The molecule has 9 nitrogen and oxygen atoms in total. The topological polar surface area (TPSA) is 105 Å². The second-order valence-electron chi connectivity index (χ2n) is 9.39. The molecule has 1 N–H and O–H groups in total. The number of amides is 2. The number of anilines is 1. The summed E-state index contributed by atoms with van der Waals surface area (Å²) in [6, 6.07) is 29.8. The highest BCUT2D eigenvalue weighted by molar-refractivity contribution is 7.92. The van der Waals surface area contributed by atoms with Gasteiger partial charge in [0.25, 0.3) is 10.0 Å². The summed E-state index contributed by atoms with van der Waals surface area (Å²) in [6.45, 7) is 1.15. The molecule has 4 aromatic carbocycles. The zero-order chi connectivity index (χ0) is 30.1. The van der Waals surface area contributed by atoms with Gasteiger partial charge in [-0.1, -0.05) is 48.5 Å². The molecule has 0 bridgehead atoms.